The Bertz CT molecular complexity index is 631. The van der Waals surface area contributed by atoms with Gasteiger partial charge in [0.2, 0.25) is 5.43 Å². The van der Waals surface area contributed by atoms with Crippen molar-refractivity contribution in [1.82, 2.24) is 0 Å². The molecule has 0 bridgehead atoms. The SMILES string of the molecule is O=c1c(COC2CCCCO2)c(S)sc2ccsc12.[Na]. The van der Waals surface area contributed by atoms with Gasteiger partial charge in [-0.05, 0) is 30.7 Å². The van der Waals surface area contributed by atoms with Crippen LogP contribution in [-0.2, 0) is 16.1 Å². The fourth-order valence-electron chi connectivity index (χ4n) is 2.09. The predicted molar refractivity (Wildman–Crippen MR) is 87.4 cm³/mol. The molecule has 3 heterocycles. The maximum absolute atomic E-state index is 12.3. The molecule has 0 amide bonds. The molecule has 1 unspecified atom stereocenters. The molecule has 0 saturated carbocycles. The van der Waals surface area contributed by atoms with Crippen LogP contribution in [0.25, 0.3) is 9.40 Å². The van der Waals surface area contributed by atoms with Crippen LogP contribution in [-0.4, -0.2) is 42.5 Å². The quantitative estimate of drug-likeness (QED) is 0.690. The van der Waals surface area contributed by atoms with E-state index in [1.54, 1.807) is 0 Å². The van der Waals surface area contributed by atoms with E-state index in [-0.39, 0.29) is 47.9 Å². The van der Waals surface area contributed by atoms with Crippen LogP contribution in [0.1, 0.15) is 24.8 Å². The van der Waals surface area contributed by atoms with Crippen LogP contribution < -0.4 is 5.43 Å². The van der Waals surface area contributed by atoms with Crippen molar-refractivity contribution in [2.75, 3.05) is 6.61 Å². The molecule has 3 rings (SSSR count). The first-order chi connectivity index (χ1) is 9.25. The van der Waals surface area contributed by atoms with Gasteiger partial charge in [0, 0.05) is 36.2 Å². The van der Waals surface area contributed by atoms with Gasteiger partial charge >= 0.3 is 0 Å². The third kappa shape index (κ3) is 3.67. The Balaban J connectivity index is 0.00000147. The van der Waals surface area contributed by atoms with Crippen molar-refractivity contribution >= 4 is 74.3 Å². The maximum Gasteiger partial charge on any atom is 0.204 e. The van der Waals surface area contributed by atoms with Gasteiger partial charge in [-0.25, -0.2) is 0 Å². The van der Waals surface area contributed by atoms with E-state index >= 15 is 0 Å². The summed E-state index contributed by atoms with van der Waals surface area (Å²) in [5, 5.41) is 1.94. The predicted octanol–water partition coefficient (Wildman–Crippen LogP) is 3.27. The van der Waals surface area contributed by atoms with E-state index < -0.39 is 0 Å². The number of rotatable bonds is 3. The van der Waals surface area contributed by atoms with E-state index in [4.69, 9.17) is 9.47 Å². The molecule has 0 N–H and O–H groups in total. The summed E-state index contributed by atoms with van der Waals surface area (Å²) in [6.07, 6.45) is 2.94. The normalized spacial score (nSPS) is 18.9. The Morgan fingerprint density at radius 3 is 3.05 bits per heavy atom. The van der Waals surface area contributed by atoms with Crippen LogP contribution in [0.3, 0.4) is 0 Å². The van der Waals surface area contributed by atoms with E-state index in [1.807, 2.05) is 11.4 Å². The summed E-state index contributed by atoms with van der Waals surface area (Å²) in [4.78, 5) is 12.3. The minimum atomic E-state index is -0.176. The first-order valence-corrected chi connectivity index (χ1v) is 8.35. The van der Waals surface area contributed by atoms with Crippen molar-refractivity contribution in [1.29, 1.82) is 0 Å². The molecule has 1 aliphatic heterocycles. The third-order valence-electron chi connectivity index (χ3n) is 3.13. The molecule has 0 aromatic carbocycles. The van der Waals surface area contributed by atoms with Crippen LogP contribution in [0.4, 0.5) is 0 Å². The molecular weight excluding hydrogens is 323 g/mol. The summed E-state index contributed by atoms with van der Waals surface area (Å²) in [7, 11) is 0. The Kier molecular flexibility index (Phi) is 6.56. The molecule has 3 nitrogen and oxygen atoms in total. The van der Waals surface area contributed by atoms with Gasteiger partial charge in [-0.15, -0.1) is 35.3 Å². The molecule has 2 aromatic heterocycles. The zero-order valence-electron chi connectivity index (χ0n) is 11.3. The molecule has 1 fully saturated rings. The van der Waals surface area contributed by atoms with Crippen molar-refractivity contribution in [3.05, 3.63) is 27.2 Å². The summed E-state index contributed by atoms with van der Waals surface area (Å²) in [5.41, 5.74) is 0.696. The van der Waals surface area contributed by atoms with Gasteiger partial charge < -0.3 is 9.47 Å². The van der Waals surface area contributed by atoms with E-state index in [1.165, 1.54) is 22.7 Å². The molecule has 1 atom stereocenters. The molecule has 103 valence electrons. The van der Waals surface area contributed by atoms with E-state index in [0.717, 1.165) is 39.5 Å². The Labute approximate surface area is 153 Å². The van der Waals surface area contributed by atoms with Crippen molar-refractivity contribution in [2.45, 2.75) is 36.4 Å². The topological polar surface area (TPSA) is 35.5 Å². The first kappa shape index (κ1) is 17.0. The summed E-state index contributed by atoms with van der Waals surface area (Å²) in [6.45, 7) is 1.03. The second-order valence-electron chi connectivity index (χ2n) is 4.44. The van der Waals surface area contributed by atoms with Crippen molar-refractivity contribution in [3.8, 4) is 0 Å². The largest absolute Gasteiger partial charge is 0.353 e. The molecule has 1 saturated heterocycles. The van der Waals surface area contributed by atoms with Gasteiger partial charge in [0.1, 0.15) is 0 Å². The monoisotopic (exact) mass is 337 g/mol. The molecular formula is C13H14NaO3S3. The summed E-state index contributed by atoms with van der Waals surface area (Å²) in [6, 6.07) is 1.96. The number of ether oxygens (including phenoxy) is 2. The minimum absolute atomic E-state index is 0. The zero-order valence-corrected chi connectivity index (χ0v) is 15.8. The molecule has 2 aromatic rings. The number of hydrogen-bond donors (Lipinski definition) is 1. The molecule has 7 heteroatoms. The summed E-state index contributed by atoms with van der Waals surface area (Å²) in [5.74, 6) is 0. The Morgan fingerprint density at radius 1 is 1.45 bits per heavy atom. The number of thiol groups is 1. The van der Waals surface area contributed by atoms with E-state index in [2.05, 4.69) is 12.6 Å². The first-order valence-electron chi connectivity index (χ1n) is 6.21. The van der Waals surface area contributed by atoms with Gasteiger partial charge in [-0.2, -0.15) is 0 Å². The summed E-state index contributed by atoms with van der Waals surface area (Å²) < 4.78 is 13.7. The number of fused-ring (bicyclic) bond motifs is 1. The molecule has 1 aliphatic rings. The van der Waals surface area contributed by atoms with Gasteiger partial charge in [-0.1, -0.05) is 0 Å². The van der Waals surface area contributed by atoms with Crippen LogP contribution in [0.2, 0.25) is 0 Å². The van der Waals surface area contributed by atoms with Gasteiger partial charge in [0.15, 0.2) is 6.29 Å². The molecule has 0 aliphatic carbocycles. The Hall–Kier alpha value is 0.600. The van der Waals surface area contributed by atoms with Crippen LogP contribution in [0, 0.1) is 0 Å². The van der Waals surface area contributed by atoms with Crippen molar-refractivity contribution in [3.63, 3.8) is 0 Å². The van der Waals surface area contributed by atoms with Crippen molar-refractivity contribution in [2.24, 2.45) is 0 Å². The second-order valence-corrected chi connectivity index (χ2v) is 7.15. The van der Waals surface area contributed by atoms with Crippen LogP contribution in [0.5, 0.6) is 0 Å². The minimum Gasteiger partial charge on any atom is -0.353 e. The van der Waals surface area contributed by atoms with Gasteiger partial charge in [0.05, 0.1) is 25.8 Å². The fourth-order valence-corrected chi connectivity index (χ4v) is 4.47. The van der Waals surface area contributed by atoms with Crippen molar-refractivity contribution < 1.29 is 9.47 Å². The van der Waals surface area contributed by atoms with Gasteiger partial charge in [-0.3, -0.25) is 4.79 Å². The summed E-state index contributed by atoms with van der Waals surface area (Å²) >= 11 is 7.42. The third-order valence-corrected chi connectivity index (χ3v) is 5.71. The van der Waals surface area contributed by atoms with E-state index in [9.17, 15) is 4.79 Å². The average Bonchev–Trinajstić information content (AvgIpc) is 2.88. The van der Waals surface area contributed by atoms with Crippen LogP contribution >= 0.6 is 35.3 Å². The maximum atomic E-state index is 12.3. The Morgan fingerprint density at radius 2 is 2.30 bits per heavy atom. The van der Waals surface area contributed by atoms with Gasteiger partial charge in [0.25, 0.3) is 0 Å². The second kappa shape index (κ2) is 7.74. The smallest absolute Gasteiger partial charge is 0.204 e. The van der Waals surface area contributed by atoms with E-state index in [0.29, 0.717) is 5.56 Å². The number of hydrogen-bond acceptors (Lipinski definition) is 6. The number of thiophene rings is 1. The standard InChI is InChI=1S/C13H14O3S3.Na/c14-11-8(7-16-10-3-1-2-5-15-10)13(17)19-9-4-6-18-12(9)11;/h4,6,10,17H,1-3,5,7H2;. The molecule has 0 spiro atoms. The molecule has 20 heavy (non-hydrogen) atoms. The fraction of sp³-hybridized carbons (Fsp3) is 0.462. The van der Waals surface area contributed by atoms with Crippen LogP contribution in [0.15, 0.2) is 20.5 Å². The average molecular weight is 337 g/mol. The molecule has 1 radical (unpaired) electrons. The zero-order chi connectivity index (χ0) is 13.2.